The van der Waals surface area contributed by atoms with Gasteiger partial charge in [-0.25, -0.2) is 4.79 Å². The van der Waals surface area contributed by atoms with E-state index in [1.165, 1.54) is 12.8 Å². The SMILES string of the molecule is CN(C)[C@H](CNC(=O)N[C@@H](CC1CC1)c1ccccc1)Cc1ccc(O)cc1. The van der Waals surface area contributed by atoms with Gasteiger partial charge in [0.15, 0.2) is 0 Å². The summed E-state index contributed by atoms with van der Waals surface area (Å²) in [6.07, 6.45) is 4.34. The molecule has 0 aliphatic heterocycles. The van der Waals surface area contributed by atoms with Gasteiger partial charge in [-0.05, 0) is 56.1 Å². The highest BCUT2D eigenvalue weighted by Gasteiger charge is 2.27. The van der Waals surface area contributed by atoms with Gasteiger partial charge in [0.05, 0.1) is 6.04 Å². The van der Waals surface area contributed by atoms with Crippen molar-refractivity contribution in [3.63, 3.8) is 0 Å². The molecule has 0 spiro atoms. The summed E-state index contributed by atoms with van der Waals surface area (Å²) in [5.74, 6) is 1.000. The average molecular weight is 382 g/mol. The minimum absolute atomic E-state index is 0.0589. The van der Waals surface area contributed by atoms with Crippen LogP contribution in [0.4, 0.5) is 4.79 Å². The number of likely N-dealkylation sites (N-methyl/N-ethyl adjacent to an activating group) is 1. The lowest BCUT2D eigenvalue weighted by molar-refractivity contribution is 0.227. The third-order valence-electron chi connectivity index (χ3n) is 5.41. The highest BCUT2D eigenvalue weighted by atomic mass is 16.3. The molecule has 1 saturated carbocycles. The van der Waals surface area contributed by atoms with Crippen LogP contribution in [0.3, 0.4) is 0 Å². The van der Waals surface area contributed by atoms with Gasteiger partial charge in [0.25, 0.3) is 0 Å². The fraction of sp³-hybridized carbons (Fsp3) is 0.435. The quantitative estimate of drug-likeness (QED) is 0.620. The third kappa shape index (κ3) is 6.27. The van der Waals surface area contributed by atoms with Crippen molar-refractivity contribution in [3.05, 3.63) is 65.7 Å². The first-order chi connectivity index (χ1) is 13.5. The number of nitrogens with zero attached hydrogens (tertiary/aromatic N) is 1. The van der Waals surface area contributed by atoms with Gasteiger partial charge in [-0.1, -0.05) is 55.3 Å². The van der Waals surface area contributed by atoms with Crippen molar-refractivity contribution in [2.45, 2.75) is 37.8 Å². The van der Waals surface area contributed by atoms with Crippen LogP contribution in [0.1, 0.15) is 36.4 Å². The Labute approximate surface area is 167 Å². The summed E-state index contributed by atoms with van der Waals surface area (Å²) < 4.78 is 0. The standard InChI is InChI=1S/C23H31N3O2/c1-26(2)20(14-17-10-12-21(27)13-11-17)16-24-23(28)25-22(15-18-8-9-18)19-6-4-3-5-7-19/h3-7,10-13,18,20,22,27H,8-9,14-16H2,1-2H3,(H2,24,25,28)/t20-,22-/m0/s1. The van der Waals surface area contributed by atoms with Crippen molar-refractivity contribution >= 4 is 6.03 Å². The highest BCUT2D eigenvalue weighted by molar-refractivity contribution is 5.74. The molecule has 1 fully saturated rings. The van der Waals surface area contributed by atoms with Crippen molar-refractivity contribution in [1.29, 1.82) is 0 Å². The van der Waals surface area contributed by atoms with E-state index >= 15 is 0 Å². The first-order valence-corrected chi connectivity index (χ1v) is 10.0. The van der Waals surface area contributed by atoms with Crippen LogP contribution < -0.4 is 10.6 Å². The Balaban J connectivity index is 1.54. The van der Waals surface area contributed by atoms with Crippen LogP contribution in [-0.2, 0) is 6.42 Å². The van der Waals surface area contributed by atoms with Gasteiger partial charge in [-0.15, -0.1) is 0 Å². The predicted octanol–water partition coefficient (Wildman–Crippen LogP) is 3.71. The van der Waals surface area contributed by atoms with Crippen LogP contribution in [0, 0.1) is 5.92 Å². The lowest BCUT2D eigenvalue weighted by atomic mass is 10.0. The molecule has 3 N–H and O–H groups in total. The van der Waals surface area contributed by atoms with Crippen molar-refractivity contribution in [2.24, 2.45) is 5.92 Å². The second kappa shape index (κ2) is 9.60. The minimum atomic E-state index is -0.118. The largest absolute Gasteiger partial charge is 0.508 e. The van der Waals surface area contributed by atoms with E-state index in [-0.39, 0.29) is 23.9 Å². The smallest absolute Gasteiger partial charge is 0.315 e. The van der Waals surface area contributed by atoms with E-state index in [2.05, 4.69) is 27.7 Å². The lowest BCUT2D eigenvalue weighted by Crippen LogP contribution is -2.46. The first kappa shape index (κ1) is 20.2. The predicted molar refractivity (Wildman–Crippen MR) is 112 cm³/mol. The number of phenolic OH excluding ortho intramolecular Hbond substituents is 1. The first-order valence-electron chi connectivity index (χ1n) is 10.0. The van der Waals surface area contributed by atoms with Gasteiger partial charge in [0.1, 0.15) is 5.75 Å². The third-order valence-corrected chi connectivity index (χ3v) is 5.41. The molecule has 0 bridgehead atoms. The molecule has 150 valence electrons. The minimum Gasteiger partial charge on any atom is -0.508 e. The number of carbonyl (C=O) groups excluding carboxylic acids is 1. The van der Waals surface area contributed by atoms with Crippen molar-refractivity contribution in [1.82, 2.24) is 15.5 Å². The number of rotatable bonds is 9. The Morgan fingerprint density at radius 3 is 2.39 bits per heavy atom. The topological polar surface area (TPSA) is 64.6 Å². The zero-order chi connectivity index (χ0) is 19.9. The second-order valence-electron chi connectivity index (χ2n) is 7.98. The van der Waals surface area contributed by atoms with E-state index in [1.807, 2.05) is 44.4 Å². The molecule has 2 atom stereocenters. The van der Waals surface area contributed by atoms with Crippen LogP contribution in [-0.4, -0.2) is 42.7 Å². The number of urea groups is 1. The molecule has 0 radical (unpaired) electrons. The van der Waals surface area contributed by atoms with Crippen LogP contribution in [0.2, 0.25) is 0 Å². The molecule has 2 aromatic rings. The van der Waals surface area contributed by atoms with Crippen molar-refractivity contribution in [3.8, 4) is 5.75 Å². The zero-order valence-corrected chi connectivity index (χ0v) is 16.8. The maximum atomic E-state index is 12.6. The van der Waals surface area contributed by atoms with Gasteiger partial charge in [0.2, 0.25) is 0 Å². The molecule has 0 aromatic heterocycles. The fourth-order valence-electron chi connectivity index (χ4n) is 3.41. The second-order valence-corrected chi connectivity index (χ2v) is 7.98. The molecule has 0 unspecified atom stereocenters. The van der Waals surface area contributed by atoms with Gasteiger partial charge in [0, 0.05) is 12.6 Å². The van der Waals surface area contributed by atoms with E-state index in [0.717, 1.165) is 29.9 Å². The maximum Gasteiger partial charge on any atom is 0.315 e. The fourth-order valence-corrected chi connectivity index (χ4v) is 3.41. The summed E-state index contributed by atoms with van der Waals surface area (Å²) >= 11 is 0. The summed E-state index contributed by atoms with van der Waals surface area (Å²) in [4.78, 5) is 14.7. The number of aromatic hydroxyl groups is 1. The van der Waals surface area contributed by atoms with Crippen LogP contribution in [0.15, 0.2) is 54.6 Å². The molecule has 2 aromatic carbocycles. The molecule has 1 aliphatic carbocycles. The molecule has 1 aliphatic rings. The highest BCUT2D eigenvalue weighted by Crippen LogP contribution is 2.37. The van der Waals surface area contributed by atoms with E-state index in [1.54, 1.807) is 12.1 Å². The molecule has 5 heteroatoms. The number of amides is 2. The Morgan fingerprint density at radius 2 is 1.79 bits per heavy atom. The number of phenols is 1. The lowest BCUT2D eigenvalue weighted by Gasteiger charge is -2.26. The van der Waals surface area contributed by atoms with Gasteiger partial charge in [-0.3, -0.25) is 0 Å². The molecule has 0 saturated heterocycles. The maximum absolute atomic E-state index is 12.6. The summed E-state index contributed by atoms with van der Waals surface area (Å²) in [6.45, 7) is 0.560. The van der Waals surface area contributed by atoms with Crippen LogP contribution in [0.25, 0.3) is 0 Å². The Hall–Kier alpha value is -2.53. The van der Waals surface area contributed by atoms with E-state index in [0.29, 0.717) is 6.54 Å². The normalized spacial score (nSPS) is 15.8. The van der Waals surface area contributed by atoms with E-state index < -0.39 is 0 Å². The van der Waals surface area contributed by atoms with Gasteiger partial charge >= 0.3 is 6.03 Å². The molecular formula is C23H31N3O2. The van der Waals surface area contributed by atoms with Crippen molar-refractivity contribution in [2.75, 3.05) is 20.6 Å². The monoisotopic (exact) mass is 381 g/mol. The molecular weight excluding hydrogens is 350 g/mol. The summed E-state index contributed by atoms with van der Waals surface area (Å²) in [6, 6.07) is 17.6. The average Bonchev–Trinajstić information content (AvgIpc) is 3.50. The number of hydrogen-bond acceptors (Lipinski definition) is 3. The number of nitrogens with one attached hydrogen (secondary N) is 2. The molecule has 0 heterocycles. The Kier molecular flexibility index (Phi) is 6.93. The summed E-state index contributed by atoms with van der Waals surface area (Å²) in [7, 11) is 4.04. The van der Waals surface area contributed by atoms with Gasteiger partial charge < -0.3 is 20.6 Å². The Bertz CT molecular complexity index is 742. The number of benzene rings is 2. The van der Waals surface area contributed by atoms with Crippen molar-refractivity contribution < 1.29 is 9.90 Å². The number of hydrogen-bond donors (Lipinski definition) is 3. The molecule has 5 nitrogen and oxygen atoms in total. The summed E-state index contributed by atoms with van der Waals surface area (Å²) in [5.41, 5.74) is 2.30. The summed E-state index contributed by atoms with van der Waals surface area (Å²) in [5, 5.41) is 15.7. The van der Waals surface area contributed by atoms with Crippen LogP contribution >= 0.6 is 0 Å². The van der Waals surface area contributed by atoms with Gasteiger partial charge in [-0.2, -0.15) is 0 Å². The van der Waals surface area contributed by atoms with E-state index in [4.69, 9.17) is 0 Å². The zero-order valence-electron chi connectivity index (χ0n) is 16.8. The van der Waals surface area contributed by atoms with E-state index in [9.17, 15) is 9.90 Å². The molecule has 28 heavy (non-hydrogen) atoms. The Morgan fingerprint density at radius 1 is 1.11 bits per heavy atom. The molecule has 2 amide bonds. The van der Waals surface area contributed by atoms with Crippen LogP contribution in [0.5, 0.6) is 5.75 Å². The molecule has 3 rings (SSSR count). The number of carbonyl (C=O) groups is 1.